The first-order chi connectivity index (χ1) is 20.9. The fourth-order valence-corrected chi connectivity index (χ4v) is 5.70. The quantitative estimate of drug-likeness (QED) is 0.174. The van der Waals surface area contributed by atoms with E-state index in [1.165, 1.54) is 41.3 Å². The molecule has 4 aromatic rings. The SMILES string of the molecule is C[C@H](C(=O)NCc1ccc(Cl)cc1Cl)N(Cc1ccc(Cl)cc1)C(=O)COc1ccc(S(=O)(=O)Nc2ccc(F)cc2)cc1. The summed E-state index contributed by atoms with van der Waals surface area (Å²) in [6, 6.07) is 21.3. The number of hydrogen-bond donors (Lipinski definition) is 2. The van der Waals surface area contributed by atoms with Crippen molar-refractivity contribution in [1.29, 1.82) is 0 Å². The zero-order valence-electron chi connectivity index (χ0n) is 23.3. The monoisotopic (exact) mass is 677 g/mol. The van der Waals surface area contributed by atoms with Gasteiger partial charge in [0.1, 0.15) is 17.6 Å². The average molecular weight is 679 g/mol. The van der Waals surface area contributed by atoms with Crippen LogP contribution in [0.4, 0.5) is 10.1 Å². The van der Waals surface area contributed by atoms with Gasteiger partial charge >= 0.3 is 0 Å². The molecule has 1 atom stereocenters. The predicted molar refractivity (Wildman–Crippen MR) is 169 cm³/mol. The molecule has 0 aliphatic heterocycles. The molecule has 13 heteroatoms. The largest absolute Gasteiger partial charge is 0.484 e. The molecule has 0 bridgehead atoms. The lowest BCUT2D eigenvalue weighted by Gasteiger charge is -2.29. The van der Waals surface area contributed by atoms with Crippen molar-refractivity contribution in [3.8, 4) is 5.75 Å². The molecule has 4 aromatic carbocycles. The highest BCUT2D eigenvalue weighted by Crippen LogP contribution is 2.22. The van der Waals surface area contributed by atoms with E-state index in [1.54, 1.807) is 49.4 Å². The van der Waals surface area contributed by atoms with Gasteiger partial charge in [-0.25, -0.2) is 12.8 Å². The standard InChI is InChI=1S/C31H27Cl3FN3O5S/c1-20(31(40)36-17-22-4-7-24(33)16-29(22)34)38(18-21-2-5-23(32)6-3-21)30(39)19-43-27-12-14-28(15-13-27)44(41,42)37-26-10-8-25(35)9-11-26/h2-16,20,37H,17-19H2,1H3,(H,36,40)/t20-/m1/s1. The van der Waals surface area contributed by atoms with Crippen molar-refractivity contribution in [2.24, 2.45) is 0 Å². The Labute approximate surface area is 269 Å². The molecular formula is C31H27Cl3FN3O5S. The van der Waals surface area contributed by atoms with E-state index in [0.717, 1.165) is 17.7 Å². The maximum absolute atomic E-state index is 13.4. The lowest BCUT2D eigenvalue weighted by atomic mass is 10.1. The van der Waals surface area contributed by atoms with Crippen LogP contribution in [0.5, 0.6) is 5.75 Å². The molecule has 2 N–H and O–H groups in total. The average Bonchev–Trinajstić information content (AvgIpc) is 3.00. The second-order valence-corrected chi connectivity index (χ2v) is 12.6. The minimum Gasteiger partial charge on any atom is -0.484 e. The maximum Gasteiger partial charge on any atom is 0.261 e. The molecule has 0 unspecified atom stereocenters. The highest BCUT2D eigenvalue weighted by molar-refractivity contribution is 7.92. The second-order valence-electron chi connectivity index (χ2n) is 9.65. The summed E-state index contributed by atoms with van der Waals surface area (Å²) in [5, 5.41) is 4.20. The lowest BCUT2D eigenvalue weighted by Crippen LogP contribution is -2.48. The van der Waals surface area contributed by atoms with E-state index in [1.807, 2.05) is 0 Å². The smallest absolute Gasteiger partial charge is 0.261 e. The van der Waals surface area contributed by atoms with Crippen LogP contribution >= 0.6 is 34.8 Å². The Morgan fingerprint density at radius 3 is 2.16 bits per heavy atom. The van der Waals surface area contributed by atoms with Crippen LogP contribution in [0.1, 0.15) is 18.1 Å². The van der Waals surface area contributed by atoms with Crippen LogP contribution in [-0.2, 0) is 32.7 Å². The number of hydrogen-bond acceptors (Lipinski definition) is 5. The molecule has 0 spiro atoms. The van der Waals surface area contributed by atoms with Gasteiger partial charge in [0.2, 0.25) is 5.91 Å². The second kappa shape index (κ2) is 14.8. The van der Waals surface area contributed by atoms with Crippen LogP contribution in [0.15, 0.2) is 95.9 Å². The molecule has 4 rings (SSSR count). The maximum atomic E-state index is 13.4. The first-order valence-corrected chi connectivity index (χ1v) is 15.8. The molecule has 0 heterocycles. The number of halogens is 4. The van der Waals surface area contributed by atoms with Crippen molar-refractivity contribution >= 4 is 62.3 Å². The minimum absolute atomic E-state index is 0.0593. The fraction of sp³-hybridized carbons (Fsp3) is 0.161. The van der Waals surface area contributed by atoms with Gasteiger partial charge in [0.05, 0.1) is 4.90 Å². The molecule has 0 aromatic heterocycles. The van der Waals surface area contributed by atoms with Gasteiger partial charge in [-0.1, -0.05) is 53.0 Å². The van der Waals surface area contributed by atoms with Crippen molar-refractivity contribution in [1.82, 2.24) is 10.2 Å². The van der Waals surface area contributed by atoms with Gasteiger partial charge in [-0.2, -0.15) is 0 Å². The van der Waals surface area contributed by atoms with Crippen molar-refractivity contribution in [2.75, 3.05) is 11.3 Å². The molecule has 230 valence electrons. The summed E-state index contributed by atoms with van der Waals surface area (Å²) in [7, 11) is -3.95. The summed E-state index contributed by atoms with van der Waals surface area (Å²) < 4.78 is 46.6. The number of benzene rings is 4. The minimum atomic E-state index is -3.95. The third-order valence-corrected chi connectivity index (χ3v) is 8.73. The number of carbonyl (C=O) groups is 2. The summed E-state index contributed by atoms with van der Waals surface area (Å²) in [6.07, 6.45) is 0. The van der Waals surface area contributed by atoms with Crippen molar-refractivity contribution in [3.63, 3.8) is 0 Å². The van der Waals surface area contributed by atoms with Gasteiger partial charge in [-0.3, -0.25) is 14.3 Å². The van der Waals surface area contributed by atoms with Gasteiger partial charge in [-0.05, 0) is 90.8 Å². The molecule has 8 nitrogen and oxygen atoms in total. The first kappa shape index (κ1) is 33.1. The van der Waals surface area contributed by atoms with Crippen LogP contribution in [0.25, 0.3) is 0 Å². The number of sulfonamides is 1. The summed E-state index contributed by atoms with van der Waals surface area (Å²) in [5.74, 6) is -1.16. The molecule has 0 radical (unpaired) electrons. The normalized spacial score (nSPS) is 11.8. The molecule has 2 amide bonds. The molecular weight excluding hydrogens is 652 g/mol. The number of nitrogens with zero attached hydrogens (tertiary/aromatic N) is 1. The molecule has 0 saturated carbocycles. The van der Waals surface area contributed by atoms with E-state index >= 15 is 0 Å². The molecule has 0 fully saturated rings. The number of rotatable bonds is 12. The van der Waals surface area contributed by atoms with Crippen molar-refractivity contribution in [3.05, 3.63) is 123 Å². The highest BCUT2D eigenvalue weighted by atomic mass is 35.5. The predicted octanol–water partition coefficient (Wildman–Crippen LogP) is 6.70. The Balaban J connectivity index is 1.42. The van der Waals surface area contributed by atoms with Crippen molar-refractivity contribution < 1.29 is 27.1 Å². The Morgan fingerprint density at radius 2 is 1.52 bits per heavy atom. The number of carbonyl (C=O) groups excluding carboxylic acids is 2. The zero-order valence-corrected chi connectivity index (χ0v) is 26.4. The number of ether oxygens (including phenoxy) is 1. The fourth-order valence-electron chi connectivity index (χ4n) is 4.04. The van der Waals surface area contributed by atoms with Gasteiger partial charge in [0, 0.05) is 33.8 Å². The van der Waals surface area contributed by atoms with Crippen LogP contribution in [0, 0.1) is 5.82 Å². The Hall–Kier alpha value is -3.83. The van der Waals surface area contributed by atoms with Crippen LogP contribution < -0.4 is 14.8 Å². The van der Waals surface area contributed by atoms with E-state index in [2.05, 4.69) is 10.0 Å². The topological polar surface area (TPSA) is 105 Å². The Kier molecular flexibility index (Phi) is 11.1. The lowest BCUT2D eigenvalue weighted by molar-refractivity contribution is -0.142. The molecule has 44 heavy (non-hydrogen) atoms. The number of amides is 2. The Morgan fingerprint density at radius 1 is 0.886 bits per heavy atom. The van der Waals surface area contributed by atoms with Gasteiger partial charge in [0.15, 0.2) is 6.61 Å². The molecule has 0 aliphatic rings. The first-order valence-electron chi connectivity index (χ1n) is 13.2. The van der Waals surface area contributed by atoms with E-state index in [-0.39, 0.29) is 29.4 Å². The van der Waals surface area contributed by atoms with Crippen LogP contribution in [0.3, 0.4) is 0 Å². The molecule has 0 saturated heterocycles. The summed E-state index contributed by atoms with van der Waals surface area (Å²) in [6.45, 7) is 1.40. The van der Waals surface area contributed by atoms with Gasteiger partial charge in [0.25, 0.3) is 15.9 Å². The highest BCUT2D eigenvalue weighted by Gasteiger charge is 2.27. The van der Waals surface area contributed by atoms with Crippen LogP contribution in [0.2, 0.25) is 15.1 Å². The van der Waals surface area contributed by atoms with Gasteiger partial charge in [-0.15, -0.1) is 0 Å². The number of nitrogens with one attached hydrogen (secondary N) is 2. The Bertz CT molecular complexity index is 1720. The van der Waals surface area contributed by atoms with E-state index in [4.69, 9.17) is 39.5 Å². The summed E-state index contributed by atoms with van der Waals surface area (Å²) in [4.78, 5) is 27.8. The molecule has 0 aliphatic carbocycles. The van der Waals surface area contributed by atoms with E-state index in [9.17, 15) is 22.4 Å². The van der Waals surface area contributed by atoms with Crippen molar-refractivity contribution in [2.45, 2.75) is 31.0 Å². The van der Waals surface area contributed by atoms with E-state index < -0.39 is 40.3 Å². The van der Waals surface area contributed by atoms with E-state index in [0.29, 0.717) is 20.6 Å². The van der Waals surface area contributed by atoms with Crippen LogP contribution in [-0.4, -0.2) is 37.8 Å². The third kappa shape index (κ3) is 9.09. The summed E-state index contributed by atoms with van der Waals surface area (Å²) >= 11 is 18.2. The summed E-state index contributed by atoms with van der Waals surface area (Å²) in [5.41, 5.74) is 1.60. The third-order valence-electron chi connectivity index (χ3n) is 6.49. The number of anilines is 1. The van der Waals surface area contributed by atoms with Gasteiger partial charge < -0.3 is 15.0 Å². The zero-order chi connectivity index (χ0) is 31.9.